The lowest BCUT2D eigenvalue weighted by atomic mass is 10.2. The summed E-state index contributed by atoms with van der Waals surface area (Å²) in [5.74, 6) is 0.758. The van der Waals surface area contributed by atoms with E-state index in [0.29, 0.717) is 27.2 Å². The van der Waals surface area contributed by atoms with E-state index in [1.54, 1.807) is 27.2 Å². The zero-order valence-electron chi connectivity index (χ0n) is 18.0. The molecule has 0 radical (unpaired) electrons. The third-order valence-electron chi connectivity index (χ3n) is 6.06. The van der Waals surface area contributed by atoms with Crippen LogP contribution in [0, 0.1) is 5.92 Å². The van der Waals surface area contributed by atoms with Crippen LogP contribution in [0.1, 0.15) is 37.6 Å². The Morgan fingerprint density at radius 1 is 1.09 bits per heavy atom. The summed E-state index contributed by atoms with van der Waals surface area (Å²) in [6.45, 7) is 3.77. The zero-order chi connectivity index (χ0) is 23.3. The van der Waals surface area contributed by atoms with E-state index in [-0.39, 0.29) is 18.0 Å². The van der Waals surface area contributed by atoms with Crippen molar-refractivity contribution in [2.75, 3.05) is 13.1 Å². The smallest absolute Gasteiger partial charge is 0.297 e. The van der Waals surface area contributed by atoms with E-state index in [2.05, 4.69) is 9.88 Å². The highest BCUT2D eigenvalue weighted by Gasteiger charge is 2.40. The van der Waals surface area contributed by atoms with Crippen molar-refractivity contribution in [3.05, 3.63) is 63.9 Å². The fourth-order valence-corrected chi connectivity index (χ4v) is 4.99. The first-order valence-electron chi connectivity index (χ1n) is 11.0. The minimum Gasteiger partial charge on any atom is -0.297 e. The van der Waals surface area contributed by atoms with E-state index in [9.17, 15) is 13.2 Å². The molecule has 1 aliphatic rings. The monoisotopic (exact) mass is 494 g/mol. The van der Waals surface area contributed by atoms with Crippen LogP contribution in [0.25, 0.3) is 22.5 Å². The molecule has 2 heterocycles. The van der Waals surface area contributed by atoms with Crippen molar-refractivity contribution in [1.82, 2.24) is 18.9 Å². The van der Waals surface area contributed by atoms with Gasteiger partial charge in [-0.25, -0.2) is 4.98 Å². The molecule has 0 saturated heterocycles. The Hall–Kier alpha value is -2.22. The van der Waals surface area contributed by atoms with Crippen molar-refractivity contribution >= 4 is 40.0 Å². The van der Waals surface area contributed by atoms with Gasteiger partial charge in [-0.05, 0) is 62.1 Å². The van der Waals surface area contributed by atoms with Crippen LogP contribution in [0.3, 0.4) is 0 Å². The molecule has 1 saturated carbocycles. The maximum Gasteiger partial charge on any atom is 0.435 e. The second kappa shape index (κ2) is 8.53. The van der Waals surface area contributed by atoms with Crippen LogP contribution < -0.4 is 0 Å². The first-order chi connectivity index (χ1) is 15.8. The Kier molecular flexibility index (Phi) is 5.83. The molecule has 0 unspecified atom stereocenters. The van der Waals surface area contributed by atoms with Gasteiger partial charge < -0.3 is 0 Å². The number of aromatic nitrogens is 3. The van der Waals surface area contributed by atoms with Gasteiger partial charge in [0.2, 0.25) is 5.78 Å². The van der Waals surface area contributed by atoms with Gasteiger partial charge in [0, 0.05) is 18.1 Å². The Bertz CT molecular complexity index is 1320. The van der Waals surface area contributed by atoms with Crippen molar-refractivity contribution in [1.29, 1.82) is 0 Å². The molecule has 1 fully saturated rings. The Labute approximate surface area is 199 Å². The fraction of sp³-hybridized carbons (Fsp3) is 0.375. The molecule has 2 aromatic carbocycles. The number of fused-ring (bicyclic) bond motifs is 3. The number of rotatable bonds is 7. The summed E-state index contributed by atoms with van der Waals surface area (Å²) in [4.78, 5) is 6.27. The van der Waals surface area contributed by atoms with Gasteiger partial charge in [-0.2, -0.15) is 13.2 Å². The molecule has 0 spiro atoms. The van der Waals surface area contributed by atoms with E-state index in [0.717, 1.165) is 37.9 Å². The number of imidazole rings is 2. The van der Waals surface area contributed by atoms with E-state index >= 15 is 0 Å². The third-order valence-corrected chi connectivity index (χ3v) is 6.60. The summed E-state index contributed by atoms with van der Waals surface area (Å²) in [5, 5.41) is 0.789. The lowest BCUT2D eigenvalue weighted by Gasteiger charge is -2.22. The van der Waals surface area contributed by atoms with Gasteiger partial charge in [0.05, 0.1) is 27.4 Å². The van der Waals surface area contributed by atoms with Gasteiger partial charge in [-0.1, -0.05) is 42.3 Å². The summed E-state index contributed by atoms with van der Waals surface area (Å²) < 4.78 is 45.9. The first kappa shape index (κ1) is 22.6. The number of hydrogen-bond acceptors (Lipinski definition) is 2. The predicted molar refractivity (Wildman–Crippen MR) is 125 cm³/mol. The van der Waals surface area contributed by atoms with Crippen molar-refractivity contribution in [2.24, 2.45) is 5.92 Å². The summed E-state index contributed by atoms with van der Waals surface area (Å²) in [6.07, 6.45) is -1.42. The number of alkyl halides is 3. The van der Waals surface area contributed by atoms with Gasteiger partial charge in [-0.15, -0.1) is 0 Å². The molecule has 0 N–H and O–H groups in total. The molecule has 9 heteroatoms. The molecule has 4 aromatic rings. The highest BCUT2D eigenvalue weighted by Crippen LogP contribution is 2.38. The largest absolute Gasteiger partial charge is 0.435 e. The lowest BCUT2D eigenvalue weighted by Crippen LogP contribution is -2.28. The average Bonchev–Trinajstić information content (AvgIpc) is 3.40. The lowest BCUT2D eigenvalue weighted by molar-refractivity contribution is -0.141. The molecule has 0 amide bonds. The molecule has 1 aliphatic carbocycles. The van der Waals surface area contributed by atoms with E-state index in [1.165, 1.54) is 0 Å². The summed E-state index contributed by atoms with van der Waals surface area (Å²) in [7, 11) is 0. The van der Waals surface area contributed by atoms with E-state index in [1.807, 2.05) is 31.2 Å². The Morgan fingerprint density at radius 2 is 1.82 bits per heavy atom. The molecule has 2 aromatic heterocycles. The SMILES string of the molecule is CCCN(Cc1c(C(F)(F)F)nc2n(-c3ccc(Cl)cc3Cl)c3ccccc3n12)CC1CC1. The summed E-state index contributed by atoms with van der Waals surface area (Å²) >= 11 is 12.5. The molecular weight excluding hydrogens is 472 g/mol. The van der Waals surface area contributed by atoms with Gasteiger partial charge in [0.1, 0.15) is 0 Å². The zero-order valence-corrected chi connectivity index (χ0v) is 19.6. The Balaban J connectivity index is 1.77. The number of para-hydroxylation sites is 2. The maximum absolute atomic E-state index is 14.2. The van der Waals surface area contributed by atoms with Crippen molar-refractivity contribution < 1.29 is 13.2 Å². The second-order valence-electron chi connectivity index (χ2n) is 8.64. The minimum atomic E-state index is -4.57. The molecule has 0 bridgehead atoms. The third kappa shape index (κ3) is 4.22. The van der Waals surface area contributed by atoms with Gasteiger partial charge in [0.25, 0.3) is 0 Å². The van der Waals surface area contributed by atoms with Crippen LogP contribution in [0.15, 0.2) is 42.5 Å². The fourth-order valence-electron chi connectivity index (χ4n) is 4.50. The average molecular weight is 495 g/mol. The molecule has 33 heavy (non-hydrogen) atoms. The van der Waals surface area contributed by atoms with Crippen LogP contribution in [0.4, 0.5) is 13.2 Å². The summed E-state index contributed by atoms with van der Waals surface area (Å²) in [5.41, 5.74) is 1.22. The van der Waals surface area contributed by atoms with Crippen molar-refractivity contribution in [3.63, 3.8) is 0 Å². The van der Waals surface area contributed by atoms with Crippen LogP contribution >= 0.6 is 23.2 Å². The summed E-state index contributed by atoms with van der Waals surface area (Å²) in [6, 6.07) is 12.3. The normalized spacial score (nSPS) is 14.8. The van der Waals surface area contributed by atoms with Crippen molar-refractivity contribution in [3.8, 4) is 5.69 Å². The van der Waals surface area contributed by atoms with Crippen LogP contribution in [0.5, 0.6) is 0 Å². The number of nitrogens with zero attached hydrogens (tertiary/aromatic N) is 4. The highest BCUT2D eigenvalue weighted by atomic mass is 35.5. The molecule has 4 nitrogen and oxygen atoms in total. The maximum atomic E-state index is 14.2. The van der Waals surface area contributed by atoms with Crippen molar-refractivity contribution in [2.45, 2.75) is 38.9 Å². The first-order valence-corrected chi connectivity index (χ1v) is 11.8. The molecule has 0 atom stereocenters. The van der Waals surface area contributed by atoms with Gasteiger partial charge >= 0.3 is 6.18 Å². The molecule has 0 aliphatic heterocycles. The highest BCUT2D eigenvalue weighted by molar-refractivity contribution is 6.35. The number of halogens is 5. The van der Waals surface area contributed by atoms with E-state index < -0.39 is 11.9 Å². The predicted octanol–water partition coefficient (Wildman–Crippen LogP) is 7.23. The second-order valence-corrected chi connectivity index (χ2v) is 9.48. The topological polar surface area (TPSA) is 25.5 Å². The van der Waals surface area contributed by atoms with E-state index in [4.69, 9.17) is 23.2 Å². The number of hydrogen-bond donors (Lipinski definition) is 0. The Morgan fingerprint density at radius 3 is 2.45 bits per heavy atom. The standard InChI is InChI=1S/C24H23Cl2F3N4/c1-2-11-31(13-15-7-8-15)14-21-22(24(27,28)29)30-23-32(18-10-9-16(25)12-17(18)26)19-5-3-4-6-20(19)33(21)23/h3-6,9-10,12,15H,2,7-8,11,13-14H2,1H3. The molecule has 174 valence electrons. The molecule has 5 rings (SSSR count). The molecular formula is C24H23Cl2F3N4. The minimum absolute atomic E-state index is 0.159. The number of benzene rings is 2. The van der Waals surface area contributed by atoms with Crippen LogP contribution in [-0.4, -0.2) is 31.9 Å². The van der Waals surface area contributed by atoms with Crippen LogP contribution in [0.2, 0.25) is 10.0 Å². The van der Waals surface area contributed by atoms with Crippen LogP contribution in [-0.2, 0) is 12.7 Å². The van der Waals surface area contributed by atoms with Gasteiger partial charge in [0.15, 0.2) is 5.69 Å². The quantitative estimate of drug-likeness (QED) is 0.270. The van der Waals surface area contributed by atoms with Gasteiger partial charge in [-0.3, -0.25) is 13.9 Å².